The molecule has 19 heavy (non-hydrogen) atoms. The third-order valence-electron chi connectivity index (χ3n) is 2.59. The lowest BCUT2D eigenvalue weighted by atomic mass is 10.1. The number of sulfone groups is 1. The quantitative estimate of drug-likeness (QED) is 0.656. The van der Waals surface area contributed by atoms with Crippen LogP contribution in [-0.4, -0.2) is 25.1 Å². The highest BCUT2D eigenvalue weighted by atomic mass is 32.2. The highest BCUT2D eigenvalue weighted by Crippen LogP contribution is 2.27. The van der Waals surface area contributed by atoms with E-state index in [1.807, 2.05) is 6.07 Å². The first-order valence-electron chi connectivity index (χ1n) is 5.27. The number of hydrogen-bond donors (Lipinski definition) is 1. The molecule has 8 heteroatoms. The summed E-state index contributed by atoms with van der Waals surface area (Å²) >= 11 is 0. The monoisotopic (exact) mass is 279 g/mol. The molecule has 7 nitrogen and oxygen atoms in total. The lowest BCUT2D eigenvalue weighted by molar-refractivity contribution is -0.384. The molecule has 98 valence electrons. The molecular weight excluding hydrogens is 270 g/mol. The Morgan fingerprint density at radius 1 is 1.47 bits per heavy atom. The second kappa shape index (κ2) is 4.70. The van der Waals surface area contributed by atoms with E-state index in [1.165, 1.54) is 18.2 Å². The van der Waals surface area contributed by atoms with Crippen molar-refractivity contribution in [1.29, 1.82) is 5.26 Å². The lowest BCUT2D eigenvalue weighted by Gasteiger charge is -2.11. The van der Waals surface area contributed by atoms with Crippen molar-refractivity contribution in [3.8, 4) is 6.07 Å². The summed E-state index contributed by atoms with van der Waals surface area (Å²) < 4.78 is 22.5. The molecule has 1 aliphatic heterocycles. The van der Waals surface area contributed by atoms with Crippen LogP contribution < -0.4 is 5.32 Å². The Morgan fingerprint density at radius 3 is 2.74 bits per heavy atom. The summed E-state index contributed by atoms with van der Waals surface area (Å²) in [6.07, 6.45) is 1.44. The van der Waals surface area contributed by atoms with Crippen LogP contribution in [0.5, 0.6) is 0 Å². The zero-order chi connectivity index (χ0) is 14.0. The highest BCUT2D eigenvalue weighted by molar-refractivity contribution is 7.94. The predicted octanol–water partition coefficient (Wildman–Crippen LogP) is 1.19. The number of anilines is 1. The Kier molecular flexibility index (Phi) is 3.23. The van der Waals surface area contributed by atoms with E-state index in [2.05, 4.69) is 5.32 Å². The summed E-state index contributed by atoms with van der Waals surface area (Å²) in [6, 6.07) is 5.29. The van der Waals surface area contributed by atoms with Gasteiger partial charge in [0.05, 0.1) is 28.4 Å². The summed E-state index contributed by atoms with van der Waals surface area (Å²) in [5.41, 5.74) is 0.110. The lowest BCUT2D eigenvalue weighted by Crippen LogP contribution is -2.21. The molecule has 1 unspecified atom stereocenters. The average molecular weight is 279 g/mol. The van der Waals surface area contributed by atoms with Gasteiger partial charge in [-0.2, -0.15) is 5.26 Å². The molecule has 0 aliphatic carbocycles. The van der Waals surface area contributed by atoms with Gasteiger partial charge in [0.25, 0.3) is 5.69 Å². The molecule has 0 fully saturated rings. The maximum absolute atomic E-state index is 11.2. The Morgan fingerprint density at radius 2 is 2.21 bits per heavy atom. The van der Waals surface area contributed by atoms with Gasteiger partial charge in [0.1, 0.15) is 5.69 Å². The van der Waals surface area contributed by atoms with Gasteiger partial charge in [0, 0.05) is 11.5 Å². The molecule has 1 aromatic carbocycles. The van der Waals surface area contributed by atoms with E-state index in [0.717, 1.165) is 11.5 Å². The van der Waals surface area contributed by atoms with Crippen LogP contribution in [-0.2, 0) is 9.84 Å². The van der Waals surface area contributed by atoms with Crippen LogP contribution in [0.1, 0.15) is 5.56 Å². The van der Waals surface area contributed by atoms with Crippen molar-refractivity contribution in [3.05, 3.63) is 45.4 Å². The minimum Gasteiger partial charge on any atom is -0.372 e. The molecule has 0 saturated carbocycles. The number of hydrogen-bond acceptors (Lipinski definition) is 6. The largest absolute Gasteiger partial charge is 0.372 e. The molecule has 1 aliphatic rings. The van der Waals surface area contributed by atoms with Gasteiger partial charge in [0.15, 0.2) is 9.84 Å². The number of nitrogens with one attached hydrogen (secondary N) is 1. The van der Waals surface area contributed by atoms with Gasteiger partial charge in [-0.25, -0.2) is 8.42 Å². The number of nitriles is 1. The summed E-state index contributed by atoms with van der Waals surface area (Å²) in [5, 5.41) is 23.5. The molecule has 0 radical (unpaired) electrons. The number of nitro benzene ring substituents is 1. The standard InChI is InChI=1S/C11H9N3O4S/c12-6-8-1-2-10(11(5-8)14(15)16)13-9-3-4-19(17,18)7-9/h1-5,9,13H,7H2. The number of nitro groups is 1. The van der Waals surface area contributed by atoms with Crippen LogP contribution in [0.4, 0.5) is 11.4 Å². The summed E-state index contributed by atoms with van der Waals surface area (Å²) in [7, 11) is -3.23. The minimum absolute atomic E-state index is 0.135. The van der Waals surface area contributed by atoms with E-state index >= 15 is 0 Å². The Labute approximate surface area is 109 Å². The second-order valence-electron chi connectivity index (χ2n) is 4.01. The molecule has 0 aromatic heterocycles. The molecule has 0 amide bonds. The van der Waals surface area contributed by atoms with Crippen LogP contribution >= 0.6 is 0 Å². The van der Waals surface area contributed by atoms with Crippen LogP contribution in [0.3, 0.4) is 0 Å². The Bertz CT molecular complexity index is 703. The number of rotatable bonds is 3. The molecule has 0 saturated heterocycles. The first-order valence-corrected chi connectivity index (χ1v) is 6.99. The second-order valence-corrected chi connectivity index (χ2v) is 5.94. The zero-order valence-electron chi connectivity index (χ0n) is 9.61. The number of benzene rings is 1. The van der Waals surface area contributed by atoms with Crippen molar-refractivity contribution in [2.24, 2.45) is 0 Å². The molecule has 2 rings (SSSR count). The summed E-state index contributed by atoms with van der Waals surface area (Å²) in [4.78, 5) is 10.3. The van der Waals surface area contributed by atoms with E-state index in [-0.39, 0.29) is 22.7 Å². The Hall–Kier alpha value is -2.40. The fourth-order valence-corrected chi connectivity index (χ4v) is 2.97. The van der Waals surface area contributed by atoms with E-state index < -0.39 is 20.8 Å². The van der Waals surface area contributed by atoms with Gasteiger partial charge in [0.2, 0.25) is 0 Å². The SMILES string of the molecule is N#Cc1ccc(NC2C=CS(=O)(=O)C2)c([N+](=O)[O-])c1. The minimum atomic E-state index is -3.23. The van der Waals surface area contributed by atoms with Gasteiger partial charge >= 0.3 is 0 Å². The molecule has 0 bridgehead atoms. The third kappa shape index (κ3) is 2.89. The maximum atomic E-state index is 11.2. The first-order chi connectivity index (χ1) is 8.91. The van der Waals surface area contributed by atoms with Gasteiger partial charge in [-0.05, 0) is 12.1 Å². The molecule has 1 heterocycles. The fraction of sp³-hybridized carbons (Fsp3) is 0.182. The predicted molar refractivity (Wildman–Crippen MR) is 68.1 cm³/mol. The first kappa shape index (κ1) is 13.0. The third-order valence-corrected chi connectivity index (χ3v) is 3.99. The highest BCUT2D eigenvalue weighted by Gasteiger charge is 2.24. The van der Waals surface area contributed by atoms with E-state index in [4.69, 9.17) is 5.26 Å². The molecule has 1 atom stereocenters. The van der Waals surface area contributed by atoms with E-state index in [0.29, 0.717) is 0 Å². The van der Waals surface area contributed by atoms with Crippen molar-refractivity contribution in [2.75, 3.05) is 11.1 Å². The molecular formula is C11H9N3O4S. The number of nitrogens with zero attached hydrogens (tertiary/aromatic N) is 2. The summed E-state index contributed by atoms with van der Waals surface area (Å²) in [6.45, 7) is 0. The van der Waals surface area contributed by atoms with Crippen molar-refractivity contribution in [2.45, 2.75) is 6.04 Å². The van der Waals surface area contributed by atoms with Gasteiger partial charge in [-0.3, -0.25) is 10.1 Å². The van der Waals surface area contributed by atoms with E-state index in [1.54, 1.807) is 0 Å². The smallest absolute Gasteiger partial charge is 0.293 e. The average Bonchev–Trinajstić information content (AvgIpc) is 2.69. The Balaban J connectivity index is 2.29. The van der Waals surface area contributed by atoms with Crippen molar-refractivity contribution >= 4 is 21.2 Å². The summed E-state index contributed by atoms with van der Waals surface area (Å²) in [5.74, 6) is -0.135. The molecule has 0 spiro atoms. The van der Waals surface area contributed by atoms with Gasteiger partial charge in [-0.15, -0.1) is 0 Å². The fourth-order valence-electron chi connectivity index (χ4n) is 1.74. The van der Waals surface area contributed by atoms with Gasteiger partial charge in [-0.1, -0.05) is 6.08 Å². The van der Waals surface area contributed by atoms with Crippen molar-refractivity contribution in [3.63, 3.8) is 0 Å². The van der Waals surface area contributed by atoms with Crippen molar-refractivity contribution in [1.82, 2.24) is 0 Å². The van der Waals surface area contributed by atoms with Crippen LogP contribution in [0.15, 0.2) is 29.7 Å². The van der Waals surface area contributed by atoms with Crippen LogP contribution in [0.25, 0.3) is 0 Å². The van der Waals surface area contributed by atoms with Gasteiger partial charge < -0.3 is 5.32 Å². The zero-order valence-corrected chi connectivity index (χ0v) is 10.4. The van der Waals surface area contributed by atoms with Crippen LogP contribution in [0, 0.1) is 21.4 Å². The van der Waals surface area contributed by atoms with Crippen LogP contribution in [0.2, 0.25) is 0 Å². The van der Waals surface area contributed by atoms with E-state index in [9.17, 15) is 18.5 Å². The maximum Gasteiger partial charge on any atom is 0.293 e. The normalized spacial score (nSPS) is 19.8. The molecule has 1 aromatic rings. The molecule has 1 N–H and O–H groups in total. The van der Waals surface area contributed by atoms with Crippen molar-refractivity contribution < 1.29 is 13.3 Å². The topological polar surface area (TPSA) is 113 Å².